The van der Waals surface area contributed by atoms with Crippen LogP contribution < -0.4 is 9.47 Å². The van der Waals surface area contributed by atoms with Crippen LogP contribution in [0.3, 0.4) is 0 Å². The number of fused-ring (bicyclic) bond motifs is 11. The predicted octanol–water partition coefficient (Wildman–Crippen LogP) is 12.7. The summed E-state index contributed by atoms with van der Waals surface area (Å²) in [7, 11) is 0. The summed E-state index contributed by atoms with van der Waals surface area (Å²) in [6, 6.07) is 66.9. The van der Waals surface area contributed by atoms with Gasteiger partial charge in [-0.05, 0) is 35.9 Å². The molecule has 52 heavy (non-hydrogen) atoms. The van der Waals surface area contributed by atoms with Crippen LogP contribution in [0, 0.1) is 0 Å². The summed E-state index contributed by atoms with van der Waals surface area (Å²) in [6.07, 6.45) is 0. The summed E-state index contributed by atoms with van der Waals surface area (Å²) in [5.41, 5.74) is 11.4. The van der Waals surface area contributed by atoms with Crippen LogP contribution in [0.1, 0.15) is 22.3 Å². The summed E-state index contributed by atoms with van der Waals surface area (Å²) in [6.45, 7) is 0. The number of ether oxygens (including phenoxy) is 2. The normalized spacial score (nSPS) is 13.5. The van der Waals surface area contributed by atoms with E-state index in [0.29, 0.717) is 0 Å². The Bertz CT molecular complexity index is 2810. The molecule has 8 aromatic carbocycles. The standard InChI is InChI=1S/C49H31NO2/c1-3-16-32(17-4-1)34-21-14-27-41-47(34)52-48-38(24-15-28-42(48)49(41)39-25-8-11-30-44(39)51-45-31-12-9-26-40(45)49)37-23-13-22-36-35-20-7-10-29-43(35)50(46(36)37)33-18-5-2-6-19-33/h1-31H. The van der Waals surface area contributed by atoms with Crippen LogP contribution in [0.2, 0.25) is 0 Å². The lowest BCUT2D eigenvalue weighted by Crippen LogP contribution is -2.37. The third kappa shape index (κ3) is 3.91. The second-order valence-corrected chi connectivity index (χ2v) is 13.6. The molecule has 0 amide bonds. The van der Waals surface area contributed by atoms with Gasteiger partial charge >= 0.3 is 0 Å². The molecule has 0 atom stereocenters. The number of rotatable bonds is 3. The van der Waals surface area contributed by atoms with Gasteiger partial charge in [0.15, 0.2) is 0 Å². The zero-order chi connectivity index (χ0) is 34.2. The lowest BCUT2D eigenvalue weighted by molar-refractivity contribution is 0.401. The van der Waals surface area contributed by atoms with Gasteiger partial charge in [0.2, 0.25) is 0 Å². The Morgan fingerprint density at radius 2 is 0.885 bits per heavy atom. The van der Waals surface area contributed by atoms with Crippen molar-refractivity contribution in [2.24, 2.45) is 0 Å². The quantitative estimate of drug-likeness (QED) is 0.187. The molecule has 11 rings (SSSR count). The van der Waals surface area contributed by atoms with Gasteiger partial charge in [-0.2, -0.15) is 0 Å². The van der Waals surface area contributed by atoms with E-state index in [2.05, 4.69) is 193 Å². The molecule has 0 saturated carbocycles. The molecule has 0 unspecified atom stereocenters. The van der Waals surface area contributed by atoms with E-state index in [9.17, 15) is 0 Å². The lowest BCUT2D eigenvalue weighted by atomic mass is 9.61. The highest BCUT2D eigenvalue weighted by molar-refractivity contribution is 6.14. The summed E-state index contributed by atoms with van der Waals surface area (Å²) >= 11 is 0. The molecule has 0 bridgehead atoms. The number of hydrogen-bond donors (Lipinski definition) is 0. The first-order valence-electron chi connectivity index (χ1n) is 17.8. The van der Waals surface area contributed by atoms with Crippen LogP contribution in [-0.4, -0.2) is 4.57 Å². The van der Waals surface area contributed by atoms with Gasteiger partial charge in [-0.1, -0.05) is 158 Å². The van der Waals surface area contributed by atoms with Crippen molar-refractivity contribution in [1.82, 2.24) is 4.57 Å². The fourth-order valence-electron chi connectivity index (χ4n) is 8.84. The average molecular weight is 666 g/mol. The molecule has 3 heterocycles. The van der Waals surface area contributed by atoms with Crippen molar-refractivity contribution >= 4 is 21.8 Å². The Morgan fingerprint density at radius 3 is 1.62 bits per heavy atom. The fraction of sp³-hybridized carbons (Fsp3) is 0.0204. The molecule has 244 valence electrons. The minimum atomic E-state index is -0.713. The zero-order valence-corrected chi connectivity index (χ0v) is 28.2. The van der Waals surface area contributed by atoms with Gasteiger partial charge in [0.1, 0.15) is 23.0 Å². The fourth-order valence-corrected chi connectivity index (χ4v) is 8.84. The van der Waals surface area contributed by atoms with E-state index in [4.69, 9.17) is 9.47 Å². The van der Waals surface area contributed by atoms with E-state index in [1.54, 1.807) is 0 Å². The number of para-hydroxylation sites is 7. The molecule has 9 aromatic rings. The van der Waals surface area contributed by atoms with Crippen LogP contribution >= 0.6 is 0 Å². The highest BCUT2D eigenvalue weighted by Crippen LogP contribution is 2.64. The molecule has 0 N–H and O–H groups in total. The summed E-state index contributed by atoms with van der Waals surface area (Å²) in [5, 5.41) is 2.42. The Balaban J connectivity index is 1.30. The third-order valence-corrected chi connectivity index (χ3v) is 10.9. The molecule has 0 radical (unpaired) electrons. The van der Waals surface area contributed by atoms with Crippen molar-refractivity contribution in [2.45, 2.75) is 5.41 Å². The van der Waals surface area contributed by atoms with Crippen molar-refractivity contribution in [3.63, 3.8) is 0 Å². The predicted molar refractivity (Wildman–Crippen MR) is 210 cm³/mol. The van der Waals surface area contributed by atoms with Gasteiger partial charge in [-0.3, -0.25) is 0 Å². The summed E-state index contributed by atoms with van der Waals surface area (Å²) in [5.74, 6) is 3.40. The Labute approximate surface area is 301 Å². The van der Waals surface area contributed by atoms with E-state index in [1.165, 1.54) is 16.3 Å². The second-order valence-electron chi connectivity index (χ2n) is 13.6. The van der Waals surface area contributed by atoms with Crippen molar-refractivity contribution in [3.05, 3.63) is 210 Å². The average Bonchev–Trinajstić information content (AvgIpc) is 3.56. The maximum atomic E-state index is 7.42. The van der Waals surface area contributed by atoms with Crippen LogP contribution in [0.5, 0.6) is 23.0 Å². The van der Waals surface area contributed by atoms with E-state index in [-0.39, 0.29) is 0 Å². The minimum absolute atomic E-state index is 0.713. The first kappa shape index (κ1) is 28.9. The van der Waals surface area contributed by atoms with Gasteiger partial charge < -0.3 is 14.0 Å². The molecular weight excluding hydrogens is 635 g/mol. The van der Waals surface area contributed by atoms with Gasteiger partial charge in [-0.15, -0.1) is 0 Å². The Morgan fingerprint density at radius 1 is 0.365 bits per heavy atom. The van der Waals surface area contributed by atoms with Crippen molar-refractivity contribution in [3.8, 4) is 50.9 Å². The summed E-state index contributed by atoms with van der Waals surface area (Å²) in [4.78, 5) is 0. The third-order valence-electron chi connectivity index (χ3n) is 10.9. The molecule has 2 aliphatic rings. The van der Waals surface area contributed by atoms with Crippen LogP contribution in [0.4, 0.5) is 0 Å². The van der Waals surface area contributed by atoms with Crippen LogP contribution in [-0.2, 0) is 5.41 Å². The molecule has 1 spiro atoms. The maximum absolute atomic E-state index is 7.42. The molecular formula is C49H31NO2. The first-order chi connectivity index (χ1) is 25.8. The molecule has 2 aliphatic heterocycles. The van der Waals surface area contributed by atoms with Gasteiger partial charge in [0.25, 0.3) is 0 Å². The Hall–Kier alpha value is -6.84. The minimum Gasteiger partial charge on any atom is -0.457 e. The van der Waals surface area contributed by atoms with Crippen LogP contribution in [0.25, 0.3) is 49.7 Å². The van der Waals surface area contributed by atoms with Crippen LogP contribution in [0.15, 0.2) is 188 Å². The molecule has 0 fully saturated rings. The maximum Gasteiger partial charge on any atom is 0.140 e. The van der Waals surface area contributed by atoms with Crippen molar-refractivity contribution in [2.75, 3.05) is 0 Å². The Kier molecular flexibility index (Phi) is 6.17. The molecule has 3 heteroatoms. The number of hydrogen-bond acceptors (Lipinski definition) is 2. The van der Waals surface area contributed by atoms with Gasteiger partial charge in [-0.25, -0.2) is 0 Å². The zero-order valence-electron chi connectivity index (χ0n) is 28.2. The molecule has 0 saturated heterocycles. The molecule has 1 aromatic heterocycles. The van der Waals surface area contributed by atoms with Crippen molar-refractivity contribution < 1.29 is 9.47 Å². The largest absolute Gasteiger partial charge is 0.457 e. The highest BCUT2D eigenvalue weighted by Gasteiger charge is 2.51. The SMILES string of the molecule is c1ccc(-c2cccc3c2Oc2c(-c4cccc5c6ccccc6n(-c6ccccc6)c45)cccc2C32c3ccccc3Oc3ccccc32)cc1. The number of benzene rings is 8. The molecule has 3 nitrogen and oxygen atoms in total. The number of nitrogens with zero attached hydrogens (tertiary/aromatic N) is 1. The second kappa shape index (κ2) is 11.1. The van der Waals surface area contributed by atoms with E-state index < -0.39 is 5.41 Å². The smallest absolute Gasteiger partial charge is 0.140 e. The van der Waals surface area contributed by atoms with Gasteiger partial charge in [0.05, 0.1) is 16.4 Å². The number of aromatic nitrogens is 1. The van der Waals surface area contributed by atoms with Crippen molar-refractivity contribution in [1.29, 1.82) is 0 Å². The van der Waals surface area contributed by atoms with E-state index in [1.807, 2.05) is 0 Å². The molecule has 0 aliphatic carbocycles. The van der Waals surface area contributed by atoms with E-state index >= 15 is 0 Å². The summed E-state index contributed by atoms with van der Waals surface area (Å²) < 4.78 is 16.5. The monoisotopic (exact) mass is 665 g/mol. The lowest BCUT2D eigenvalue weighted by Gasteiger charge is -2.45. The highest BCUT2D eigenvalue weighted by atomic mass is 16.5. The first-order valence-corrected chi connectivity index (χ1v) is 17.8. The topological polar surface area (TPSA) is 23.4 Å². The van der Waals surface area contributed by atoms with E-state index in [0.717, 1.165) is 78.7 Å². The van der Waals surface area contributed by atoms with Gasteiger partial charge in [0, 0.05) is 55.4 Å².